The van der Waals surface area contributed by atoms with E-state index in [1.54, 1.807) is 0 Å². The number of hydrogen-bond acceptors (Lipinski definition) is 1. The predicted octanol–water partition coefficient (Wildman–Crippen LogP) is 0.334. The van der Waals surface area contributed by atoms with Crippen molar-refractivity contribution in [2.24, 2.45) is 5.92 Å². The molecule has 0 aromatic carbocycles. The fraction of sp³-hybridized carbons (Fsp3) is 0.833. The first-order chi connectivity index (χ1) is 5.34. The number of alkyl halides is 3. The van der Waals surface area contributed by atoms with Gasteiger partial charge in [-0.15, -0.1) is 0 Å². The Labute approximate surface area is 69.2 Å². The molecular weight excluding hydrogens is 170 g/mol. The summed E-state index contributed by atoms with van der Waals surface area (Å²) in [4.78, 5) is 12.0. The van der Waals surface area contributed by atoms with Crippen LogP contribution in [0.5, 0.6) is 0 Å². The topological polar surface area (TPSA) is 20.3 Å². The Bertz CT molecular complexity index is 205. The number of nitrogens with zero attached hydrogens (tertiary/aromatic N) is 1. The maximum Gasteiger partial charge on any atom is 0.394 e. The second kappa shape index (κ2) is 2.67. The van der Waals surface area contributed by atoms with E-state index < -0.39 is 30.5 Å². The normalized spacial score (nSPS) is 31.3. The highest BCUT2D eigenvalue weighted by atomic mass is 19.4. The fourth-order valence-electron chi connectivity index (χ4n) is 1.39. The van der Waals surface area contributed by atoms with Crippen molar-refractivity contribution in [3.63, 3.8) is 0 Å². The van der Waals surface area contributed by atoms with Gasteiger partial charge in [0, 0.05) is 12.5 Å². The number of amides is 1. The molecule has 1 amide bonds. The first kappa shape index (κ1) is 9.41. The summed E-state index contributed by atoms with van der Waals surface area (Å²) in [6.45, 7) is 1.42. The number of halogens is 3. The molecule has 0 saturated carbocycles. The third-order valence-corrected chi connectivity index (χ3v) is 2.40. The quantitative estimate of drug-likeness (QED) is 0.490. The van der Waals surface area contributed by atoms with Crippen LogP contribution in [-0.4, -0.2) is 30.9 Å². The molecule has 2 unspecified atom stereocenters. The summed E-state index contributed by atoms with van der Waals surface area (Å²) < 4.78 is 36.5. The standard InChI is InChI=1S/C6H9BF3NO/c1-3-4(6(8,9)10)2-5(12)11(3)7/h3-4H,2,7H2,1H3. The van der Waals surface area contributed by atoms with Crippen LogP contribution >= 0.6 is 0 Å². The molecule has 1 heterocycles. The van der Waals surface area contributed by atoms with E-state index in [4.69, 9.17) is 0 Å². The average Bonchev–Trinajstić information content (AvgIpc) is 2.15. The minimum atomic E-state index is -4.25. The lowest BCUT2D eigenvalue weighted by atomic mass is 10.0. The van der Waals surface area contributed by atoms with E-state index in [9.17, 15) is 18.0 Å². The van der Waals surface area contributed by atoms with Gasteiger partial charge in [-0.2, -0.15) is 13.2 Å². The van der Waals surface area contributed by atoms with E-state index >= 15 is 0 Å². The number of carbonyl (C=O) groups is 1. The zero-order chi connectivity index (χ0) is 9.52. The molecule has 2 atom stereocenters. The van der Waals surface area contributed by atoms with Crippen LogP contribution in [0.25, 0.3) is 0 Å². The number of rotatable bonds is 0. The molecule has 1 fully saturated rings. The molecule has 1 saturated heterocycles. The molecule has 12 heavy (non-hydrogen) atoms. The summed E-state index contributed by atoms with van der Waals surface area (Å²) in [5.41, 5.74) is 0. The molecule has 0 spiro atoms. The molecule has 0 bridgehead atoms. The number of hydrogen-bond donors (Lipinski definition) is 0. The molecule has 0 N–H and O–H groups in total. The van der Waals surface area contributed by atoms with Crippen LogP contribution < -0.4 is 0 Å². The van der Waals surface area contributed by atoms with Crippen molar-refractivity contribution < 1.29 is 18.0 Å². The van der Waals surface area contributed by atoms with Crippen LogP contribution in [0, 0.1) is 5.92 Å². The van der Waals surface area contributed by atoms with E-state index in [0.29, 0.717) is 0 Å². The average molecular weight is 179 g/mol. The Morgan fingerprint density at radius 1 is 1.58 bits per heavy atom. The van der Waals surface area contributed by atoms with Gasteiger partial charge in [0.1, 0.15) is 0 Å². The highest BCUT2D eigenvalue weighted by Crippen LogP contribution is 2.37. The lowest BCUT2D eigenvalue weighted by Gasteiger charge is -2.22. The van der Waals surface area contributed by atoms with Crippen LogP contribution in [0.3, 0.4) is 0 Å². The van der Waals surface area contributed by atoms with Gasteiger partial charge in [-0.1, -0.05) is 0 Å². The monoisotopic (exact) mass is 179 g/mol. The molecule has 2 nitrogen and oxygen atoms in total. The van der Waals surface area contributed by atoms with Crippen LogP contribution in [-0.2, 0) is 4.79 Å². The van der Waals surface area contributed by atoms with Crippen LogP contribution in [0.15, 0.2) is 0 Å². The van der Waals surface area contributed by atoms with Gasteiger partial charge in [0.25, 0.3) is 0 Å². The molecule has 6 heteroatoms. The van der Waals surface area contributed by atoms with Crippen molar-refractivity contribution in [1.29, 1.82) is 0 Å². The van der Waals surface area contributed by atoms with Gasteiger partial charge in [0.05, 0.1) is 5.92 Å². The summed E-state index contributed by atoms with van der Waals surface area (Å²) in [7, 11) is 1.40. The van der Waals surface area contributed by atoms with Crippen molar-refractivity contribution in [1.82, 2.24) is 4.81 Å². The highest BCUT2D eigenvalue weighted by Gasteiger charge is 2.50. The molecular formula is C6H9BF3NO. The van der Waals surface area contributed by atoms with E-state index in [-0.39, 0.29) is 0 Å². The van der Waals surface area contributed by atoms with Crippen LogP contribution in [0.4, 0.5) is 13.2 Å². The van der Waals surface area contributed by atoms with E-state index in [0.717, 1.165) is 4.81 Å². The van der Waals surface area contributed by atoms with Crippen molar-refractivity contribution >= 4 is 13.9 Å². The van der Waals surface area contributed by atoms with Crippen LogP contribution in [0.1, 0.15) is 13.3 Å². The molecule has 1 aliphatic heterocycles. The van der Waals surface area contributed by atoms with Crippen molar-refractivity contribution in [3.8, 4) is 0 Å². The molecule has 0 aromatic heterocycles. The summed E-state index contributed by atoms with van der Waals surface area (Å²) in [5.74, 6) is -1.92. The van der Waals surface area contributed by atoms with E-state index in [1.165, 1.54) is 14.9 Å². The Balaban J connectivity index is 2.78. The maximum atomic E-state index is 12.2. The van der Waals surface area contributed by atoms with Gasteiger partial charge in [0.15, 0.2) is 0 Å². The first-order valence-corrected chi connectivity index (χ1v) is 3.66. The minimum absolute atomic E-state index is 0.402. The van der Waals surface area contributed by atoms with Gasteiger partial charge in [-0.3, -0.25) is 4.79 Å². The molecule has 68 valence electrons. The Morgan fingerprint density at radius 3 is 2.25 bits per heavy atom. The minimum Gasteiger partial charge on any atom is -0.391 e. The summed E-state index contributed by atoms with van der Waals surface area (Å²) in [6.07, 6.45) is -4.65. The Morgan fingerprint density at radius 2 is 2.08 bits per heavy atom. The second-order valence-electron chi connectivity index (χ2n) is 3.10. The summed E-state index contributed by atoms with van der Waals surface area (Å²) >= 11 is 0. The largest absolute Gasteiger partial charge is 0.394 e. The Hall–Kier alpha value is -0.675. The smallest absolute Gasteiger partial charge is 0.391 e. The molecule has 0 radical (unpaired) electrons. The van der Waals surface area contributed by atoms with Gasteiger partial charge in [-0.25, -0.2) is 0 Å². The zero-order valence-corrected chi connectivity index (χ0v) is 6.85. The van der Waals surface area contributed by atoms with Crippen LogP contribution in [0.2, 0.25) is 0 Å². The van der Waals surface area contributed by atoms with Crippen molar-refractivity contribution in [2.75, 3.05) is 0 Å². The highest BCUT2D eigenvalue weighted by molar-refractivity contribution is 6.15. The lowest BCUT2D eigenvalue weighted by molar-refractivity contribution is -0.177. The Kier molecular flexibility index (Phi) is 2.10. The van der Waals surface area contributed by atoms with Crippen molar-refractivity contribution in [2.45, 2.75) is 25.6 Å². The first-order valence-electron chi connectivity index (χ1n) is 3.66. The summed E-state index contributed by atoms with van der Waals surface area (Å²) in [5, 5.41) is 0. The maximum absolute atomic E-state index is 12.2. The SMILES string of the molecule is BN1C(=O)CC(C(F)(F)F)C1C. The zero-order valence-electron chi connectivity index (χ0n) is 6.85. The number of carbonyl (C=O) groups excluding carboxylic acids is 1. The fourth-order valence-corrected chi connectivity index (χ4v) is 1.39. The molecule has 1 rings (SSSR count). The van der Waals surface area contributed by atoms with E-state index in [1.807, 2.05) is 0 Å². The molecule has 0 aromatic rings. The van der Waals surface area contributed by atoms with Crippen molar-refractivity contribution in [3.05, 3.63) is 0 Å². The summed E-state index contributed by atoms with van der Waals surface area (Å²) in [6, 6.07) is -0.725. The third-order valence-electron chi connectivity index (χ3n) is 2.40. The molecule has 0 aliphatic carbocycles. The van der Waals surface area contributed by atoms with Gasteiger partial charge in [-0.05, 0) is 6.92 Å². The predicted molar refractivity (Wildman–Crippen MR) is 39.0 cm³/mol. The van der Waals surface area contributed by atoms with E-state index in [2.05, 4.69) is 0 Å². The second-order valence-corrected chi connectivity index (χ2v) is 3.10. The van der Waals surface area contributed by atoms with Gasteiger partial charge >= 0.3 is 6.18 Å². The molecule has 1 aliphatic rings. The third kappa shape index (κ3) is 1.42. The van der Waals surface area contributed by atoms with Gasteiger partial charge < -0.3 is 4.81 Å². The lowest BCUT2D eigenvalue weighted by Crippen LogP contribution is -2.35. The van der Waals surface area contributed by atoms with Gasteiger partial charge in [0.2, 0.25) is 13.9 Å².